The number of hydrogen-bond donors (Lipinski definition) is 1. The second-order valence-electron chi connectivity index (χ2n) is 7.14. The molecule has 168 valence electrons. The van der Waals surface area contributed by atoms with Crippen molar-refractivity contribution < 1.29 is 19.1 Å². The minimum absolute atomic E-state index is 0.0105. The number of carbonyl (C=O) groups is 2. The SMILES string of the molecule is CCOC(=O)NC(=O)CSc1nnc(-c2ccc(OC)cc2)n1-c1ccccc1C(C)C. The second-order valence-corrected chi connectivity index (χ2v) is 8.08. The largest absolute Gasteiger partial charge is 0.497 e. The first-order chi connectivity index (χ1) is 15.4. The Kier molecular flexibility index (Phi) is 7.88. The number of ether oxygens (including phenoxy) is 2. The molecule has 32 heavy (non-hydrogen) atoms. The first kappa shape index (κ1) is 23.3. The van der Waals surface area contributed by atoms with Gasteiger partial charge in [-0.15, -0.1) is 10.2 Å². The van der Waals surface area contributed by atoms with Gasteiger partial charge in [0.2, 0.25) is 5.91 Å². The Morgan fingerprint density at radius 1 is 1.09 bits per heavy atom. The van der Waals surface area contributed by atoms with Crippen molar-refractivity contribution in [3.8, 4) is 22.8 Å². The molecule has 0 fully saturated rings. The molecule has 0 bridgehead atoms. The molecule has 0 atom stereocenters. The molecule has 9 heteroatoms. The first-order valence-corrected chi connectivity index (χ1v) is 11.2. The summed E-state index contributed by atoms with van der Waals surface area (Å²) in [4.78, 5) is 23.7. The lowest BCUT2D eigenvalue weighted by Gasteiger charge is -2.17. The van der Waals surface area contributed by atoms with E-state index in [0.29, 0.717) is 11.0 Å². The minimum Gasteiger partial charge on any atom is -0.497 e. The summed E-state index contributed by atoms with van der Waals surface area (Å²) in [5.74, 6) is 1.18. The Morgan fingerprint density at radius 3 is 2.47 bits per heavy atom. The summed E-state index contributed by atoms with van der Waals surface area (Å²) >= 11 is 1.20. The zero-order chi connectivity index (χ0) is 23.1. The minimum atomic E-state index is -0.761. The van der Waals surface area contributed by atoms with Gasteiger partial charge in [-0.3, -0.25) is 14.7 Å². The van der Waals surface area contributed by atoms with Crippen molar-refractivity contribution in [2.75, 3.05) is 19.5 Å². The molecular formula is C23H26N4O4S. The van der Waals surface area contributed by atoms with Crippen LogP contribution in [0.3, 0.4) is 0 Å². The Hall–Kier alpha value is -3.33. The van der Waals surface area contributed by atoms with Gasteiger partial charge in [0.1, 0.15) is 5.75 Å². The lowest BCUT2D eigenvalue weighted by molar-refractivity contribution is -0.117. The molecule has 0 radical (unpaired) electrons. The van der Waals surface area contributed by atoms with Crippen molar-refractivity contribution in [1.29, 1.82) is 0 Å². The highest BCUT2D eigenvalue weighted by molar-refractivity contribution is 7.99. The lowest BCUT2D eigenvalue weighted by atomic mass is 10.0. The van der Waals surface area contributed by atoms with E-state index in [2.05, 4.69) is 35.4 Å². The normalized spacial score (nSPS) is 10.8. The van der Waals surface area contributed by atoms with Gasteiger partial charge in [0.15, 0.2) is 11.0 Å². The van der Waals surface area contributed by atoms with Crippen LogP contribution in [0.5, 0.6) is 5.75 Å². The highest BCUT2D eigenvalue weighted by atomic mass is 32.2. The van der Waals surface area contributed by atoms with Crippen molar-refractivity contribution in [2.45, 2.75) is 31.8 Å². The Balaban J connectivity index is 1.98. The van der Waals surface area contributed by atoms with E-state index in [0.717, 1.165) is 22.6 Å². The number of rotatable bonds is 8. The smallest absolute Gasteiger partial charge is 0.413 e. The first-order valence-electron chi connectivity index (χ1n) is 10.2. The third kappa shape index (κ3) is 5.47. The summed E-state index contributed by atoms with van der Waals surface area (Å²) in [5.41, 5.74) is 2.92. The number of nitrogens with one attached hydrogen (secondary N) is 1. The number of aromatic nitrogens is 3. The molecule has 0 saturated carbocycles. The van der Waals surface area contributed by atoms with E-state index < -0.39 is 12.0 Å². The van der Waals surface area contributed by atoms with E-state index >= 15 is 0 Å². The fraction of sp³-hybridized carbons (Fsp3) is 0.304. The molecule has 2 amide bonds. The van der Waals surface area contributed by atoms with Crippen LogP contribution in [0.2, 0.25) is 0 Å². The molecule has 0 aliphatic carbocycles. The van der Waals surface area contributed by atoms with Gasteiger partial charge in [-0.05, 0) is 48.7 Å². The number of para-hydroxylation sites is 1. The zero-order valence-corrected chi connectivity index (χ0v) is 19.3. The summed E-state index contributed by atoms with van der Waals surface area (Å²) in [6, 6.07) is 15.6. The third-order valence-electron chi connectivity index (χ3n) is 4.63. The molecule has 3 rings (SSSR count). The average Bonchev–Trinajstić information content (AvgIpc) is 3.21. The number of nitrogens with zero attached hydrogens (tertiary/aromatic N) is 3. The molecular weight excluding hydrogens is 428 g/mol. The molecule has 8 nitrogen and oxygen atoms in total. The summed E-state index contributed by atoms with van der Waals surface area (Å²) in [5, 5.41) is 11.5. The second kappa shape index (κ2) is 10.8. The molecule has 0 aliphatic rings. The van der Waals surface area contributed by atoms with E-state index in [1.165, 1.54) is 11.8 Å². The lowest BCUT2D eigenvalue weighted by Crippen LogP contribution is -2.32. The summed E-state index contributed by atoms with van der Waals surface area (Å²) < 4.78 is 12.0. The van der Waals surface area contributed by atoms with Crippen LogP contribution in [0, 0.1) is 0 Å². The van der Waals surface area contributed by atoms with Crippen molar-refractivity contribution in [3.63, 3.8) is 0 Å². The van der Waals surface area contributed by atoms with Crippen LogP contribution in [0.4, 0.5) is 4.79 Å². The van der Waals surface area contributed by atoms with Crippen molar-refractivity contribution in [1.82, 2.24) is 20.1 Å². The number of alkyl carbamates (subject to hydrolysis) is 1. The fourth-order valence-electron chi connectivity index (χ4n) is 3.13. The highest BCUT2D eigenvalue weighted by Crippen LogP contribution is 2.32. The quantitative estimate of drug-likeness (QED) is 0.503. The van der Waals surface area contributed by atoms with E-state index in [-0.39, 0.29) is 18.3 Å². The van der Waals surface area contributed by atoms with Gasteiger partial charge >= 0.3 is 6.09 Å². The molecule has 0 spiro atoms. The van der Waals surface area contributed by atoms with E-state index in [1.54, 1.807) is 14.0 Å². The number of benzene rings is 2. The number of amides is 2. The Bertz CT molecular complexity index is 1080. The topological polar surface area (TPSA) is 95.3 Å². The molecule has 3 aromatic rings. The highest BCUT2D eigenvalue weighted by Gasteiger charge is 2.20. The number of hydrogen-bond acceptors (Lipinski definition) is 7. The molecule has 0 saturated heterocycles. The van der Waals surface area contributed by atoms with Crippen LogP contribution in [-0.2, 0) is 9.53 Å². The van der Waals surface area contributed by atoms with E-state index in [1.807, 2.05) is 47.0 Å². The molecule has 2 aromatic carbocycles. The number of methoxy groups -OCH3 is 1. The average molecular weight is 455 g/mol. The van der Waals surface area contributed by atoms with Gasteiger partial charge < -0.3 is 9.47 Å². The molecule has 0 unspecified atom stereocenters. The van der Waals surface area contributed by atoms with E-state index in [9.17, 15) is 9.59 Å². The van der Waals surface area contributed by atoms with Gasteiger partial charge in [0.25, 0.3) is 0 Å². The predicted molar refractivity (Wildman–Crippen MR) is 123 cm³/mol. The van der Waals surface area contributed by atoms with Crippen LogP contribution in [0.25, 0.3) is 17.1 Å². The zero-order valence-electron chi connectivity index (χ0n) is 18.5. The standard InChI is InChI=1S/C23H26N4O4S/c1-5-31-23(29)24-20(28)14-32-22-26-25-21(16-10-12-17(30-4)13-11-16)27(22)19-9-7-6-8-18(19)15(2)3/h6-13,15H,5,14H2,1-4H3,(H,24,28,29). The van der Waals surface area contributed by atoms with Gasteiger partial charge in [-0.25, -0.2) is 4.79 Å². The summed E-state index contributed by atoms with van der Waals surface area (Å²) in [7, 11) is 1.62. The predicted octanol–water partition coefficient (Wildman–Crippen LogP) is 4.43. The Labute approximate surface area is 191 Å². The van der Waals surface area contributed by atoms with Crippen LogP contribution >= 0.6 is 11.8 Å². The molecule has 1 N–H and O–H groups in total. The maximum atomic E-state index is 12.2. The number of imide groups is 1. The van der Waals surface area contributed by atoms with E-state index in [4.69, 9.17) is 9.47 Å². The summed E-state index contributed by atoms with van der Waals surface area (Å²) in [6.45, 7) is 6.11. The maximum absolute atomic E-state index is 12.2. The van der Waals surface area contributed by atoms with Crippen LogP contribution < -0.4 is 10.1 Å². The van der Waals surface area contributed by atoms with Crippen molar-refractivity contribution >= 4 is 23.8 Å². The van der Waals surface area contributed by atoms with Gasteiger partial charge in [0, 0.05) is 5.56 Å². The maximum Gasteiger partial charge on any atom is 0.413 e. The van der Waals surface area contributed by atoms with Crippen LogP contribution in [-0.4, -0.2) is 46.2 Å². The fourth-order valence-corrected chi connectivity index (χ4v) is 3.88. The third-order valence-corrected chi connectivity index (χ3v) is 5.56. The van der Waals surface area contributed by atoms with Crippen molar-refractivity contribution in [2.24, 2.45) is 0 Å². The monoisotopic (exact) mass is 454 g/mol. The Morgan fingerprint density at radius 2 is 1.81 bits per heavy atom. The van der Waals surface area contributed by atoms with Gasteiger partial charge in [-0.2, -0.15) is 0 Å². The van der Waals surface area contributed by atoms with Crippen molar-refractivity contribution in [3.05, 3.63) is 54.1 Å². The van der Waals surface area contributed by atoms with Gasteiger partial charge in [0.05, 0.1) is 25.2 Å². The summed E-state index contributed by atoms with van der Waals surface area (Å²) in [6.07, 6.45) is -0.761. The molecule has 1 aromatic heterocycles. The van der Waals surface area contributed by atoms with Crippen LogP contribution in [0.1, 0.15) is 32.3 Å². The molecule has 0 aliphatic heterocycles. The number of thioether (sulfide) groups is 1. The number of carbonyl (C=O) groups excluding carboxylic acids is 2. The molecule has 1 heterocycles. The van der Waals surface area contributed by atoms with Crippen LogP contribution in [0.15, 0.2) is 53.7 Å². The van der Waals surface area contributed by atoms with Gasteiger partial charge in [-0.1, -0.05) is 43.8 Å².